The van der Waals surface area contributed by atoms with Crippen LogP contribution in [0.3, 0.4) is 0 Å². The molecular weight excluding hydrogens is 440 g/mol. The van der Waals surface area contributed by atoms with Gasteiger partial charge in [0.25, 0.3) is 11.8 Å². The molecule has 1 heterocycles. The minimum Gasteiger partial charge on any atom is -0.352 e. The molecule has 0 spiro atoms. The molecule has 8 nitrogen and oxygen atoms in total. The molecule has 9 heteroatoms. The Hall–Kier alpha value is -3.27. The number of aryl methyl sites for hydroxylation is 1. The predicted molar refractivity (Wildman–Crippen MR) is 126 cm³/mol. The number of nitrogens with two attached hydrogens (primary N) is 1. The van der Waals surface area contributed by atoms with E-state index in [2.05, 4.69) is 5.32 Å². The molecule has 33 heavy (non-hydrogen) atoms. The van der Waals surface area contributed by atoms with Crippen LogP contribution in [0.1, 0.15) is 15.9 Å². The topological polar surface area (TPSA) is 113 Å². The molecule has 0 bridgehead atoms. The molecule has 1 atom stereocenters. The largest absolute Gasteiger partial charge is 0.352 e. The number of fused-ring (bicyclic) bond motifs is 1. The van der Waals surface area contributed by atoms with Crippen LogP contribution < -0.4 is 11.1 Å². The Balaban J connectivity index is 1.71. The molecular formula is C24H26N4O4S. The monoisotopic (exact) mass is 466 g/mol. The minimum atomic E-state index is -4.06. The maximum Gasteiger partial charge on any atom is 0.259 e. The summed E-state index contributed by atoms with van der Waals surface area (Å²) in [5.74, 6) is -0.984. The fourth-order valence-electron chi connectivity index (χ4n) is 3.95. The lowest BCUT2D eigenvalue weighted by Crippen LogP contribution is -2.54. The van der Waals surface area contributed by atoms with Crippen LogP contribution in [-0.4, -0.2) is 61.8 Å². The lowest BCUT2D eigenvalue weighted by molar-refractivity contribution is -0.127. The fourth-order valence-corrected chi connectivity index (χ4v) is 5.54. The summed E-state index contributed by atoms with van der Waals surface area (Å²) in [6.45, 7) is 2.38. The standard InChI is InChI=1S/C24H26N4O4S/c1-17-6-8-19(9-7-17)24(30)27-14-15-28(23(27)22(29)26-13-12-25)33(31,32)21-11-10-18-4-2-3-5-20(18)16-21/h2-11,16,23H,12-15,25H2,1H3,(H,26,29). The quantitative estimate of drug-likeness (QED) is 0.574. The van der Waals surface area contributed by atoms with Crippen molar-refractivity contribution in [1.82, 2.24) is 14.5 Å². The number of sulfonamides is 1. The Morgan fingerprint density at radius 1 is 1.00 bits per heavy atom. The van der Waals surface area contributed by atoms with Crippen LogP contribution in [-0.2, 0) is 14.8 Å². The molecule has 1 fully saturated rings. The Labute approximate surface area is 193 Å². The number of nitrogens with one attached hydrogen (secondary N) is 1. The molecule has 0 aliphatic carbocycles. The van der Waals surface area contributed by atoms with Gasteiger partial charge in [0.05, 0.1) is 4.90 Å². The second-order valence-electron chi connectivity index (χ2n) is 7.94. The van der Waals surface area contributed by atoms with E-state index in [9.17, 15) is 18.0 Å². The highest BCUT2D eigenvalue weighted by Crippen LogP contribution is 2.28. The third-order valence-corrected chi connectivity index (χ3v) is 7.54. The smallest absolute Gasteiger partial charge is 0.259 e. The molecule has 2 amide bonds. The fraction of sp³-hybridized carbons (Fsp3) is 0.250. The van der Waals surface area contributed by atoms with Crippen molar-refractivity contribution in [1.29, 1.82) is 0 Å². The summed E-state index contributed by atoms with van der Waals surface area (Å²) < 4.78 is 28.3. The first-order chi connectivity index (χ1) is 15.8. The van der Waals surface area contributed by atoms with Gasteiger partial charge in [0, 0.05) is 31.7 Å². The van der Waals surface area contributed by atoms with E-state index in [1.54, 1.807) is 36.4 Å². The lowest BCUT2D eigenvalue weighted by atomic mass is 10.1. The van der Waals surface area contributed by atoms with Crippen molar-refractivity contribution in [3.05, 3.63) is 77.9 Å². The number of hydrogen-bond acceptors (Lipinski definition) is 5. The summed E-state index contributed by atoms with van der Waals surface area (Å²) in [6.07, 6.45) is -1.30. The van der Waals surface area contributed by atoms with E-state index < -0.39 is 28.0 Å². The van der Waals surface area contributed by atoms with Gasteiger partial charge in [-0.3, -0.25) is 9.59 Å². The number of benzene rings is 3. The van der Waals surface area contributed by atoms with Gasteiger partial charge in [-0.1, -0.05) is 48.0 Å². The molecule has 3 aromatic carbocycles. The van der Waals surface area contributed by atoms with Gasteiger partial charge in [-0.2, -0.15) is 4.31 Å². The molecule has 4 rings (SSSR count). The van der Waals surface area contributed by atoms with Crippen molar-refractivity contribution in [2.45, 2.75) is 18.0 Å². The van der Waals surface area contributed by atoms with Crippen LogP contribution in [0, 0.1) is 6.92 Å². The molecule has 1 aliphatic heterocycles. The van der Waals surface area contributed by atoms with Gasteiger partial charge in [-0.25, -0.2) is 8.42 Å². The lowest BCUT2D eigenvalue weighted by Gasteiger charge is -2.29. The van der Waals surface area contributed by atoms with E-state index >= 15 is 0 Å². The maximum atomic E-state index is 13.6. The van der Waals surface area contributed by atoms with E-state index in [0.29, 0.717) is 5.56 Å². The van der Waals surface area contributed by atoms with E-state index in [-0.39, 0.29) is 31.1 Å². The van der Waals surface area contributed by atoms with Crippen LogP contribution in [0.5, 0.6) is 0 Å². The van der Waals surface area contributed by atoms with E-state index in [4.69, 9.17) is 5.73 Å². The van der Waals surface area contributed by atoms with Crippen LogP contribution in [0.15, 0.2) is 71.6 Å². The van der Waals surface area contributed by atoms with Crippen LogP contribution >= 0.6 is 0 Å². The Morgan fingerprint density at radius 3 is 2.39 bits per heavy atom. The number of amides is 2. The summed E-state index contributed by atoms with van der Waals surface area (Å²) in [5, 5.41) is 4.32. The zero-order valence-electron chi connectivity index (χ0n) is 18.3. The SMILES string of the molecule is Cc1ccc(C(=O)N2CCN(S(=O)(=O)c3ccc4ccccc4c3)C2C(=O)NCCN)cc1. The summed E-state index contributed by atoms with van der Waals surface area (Å²) in [5.41, 5.74) is 6.89. The minimum absolute atomic E-state index is 0.00741. The third kappa shape index (κ3) is 4.47. The van der Waals surface area contributed by atoms with Gasteiger partial charge in [-0.15, -0.1) is 0 Å². The first-order valence-corrected chi connectivity index (χ1v) is 12.1. The van der Waals surface area contributed by atoms with Crippen molar-refractivity contribution in [3.8, 4) is 0 Å². The van der Waals surface area contributed by atoms with Crippen LogP contribution in [0.2, 0.25) is 0 Å². The molecule has 0 aromatic heterocycles. The number of rotatable bonds is 6. The van der Waals surface area contributed by atoms with E-state index in [0.717, 1.165) is 20.6 Å². The Kier molecular flexibility index (Phi) is 6.46. The zero-order valence-corrected chi connectivity index (χ0v) is 19.1. The summed E-state index contributed by atoms with van der Waals surface area (Å²) in [4.78, 5) is 27.6. The first-order valence-electron chi connectivity index (χ1n) is 10.7. The molecule has 0 saturated carbocycles. The molecule has 0 radical (unpaired) electrons. The van der Waals surface area contributed by atoms with Gasteiger partial charge >= 0.3 is 0 Å². The van der Waals surface area contributed by atoms with Crippen LogP contribution in [0.25, 0.3) is 10.8 Å². The first kappa shape index (κ1) is 22.9. The van der Waals surface area contributed by atoms with Crippen molar-refractivity contribution in [2.75, 3.05) is 26.2 Å². The number of carbonyl (C=O) groups is 2. The zero-order chi connectivity index (χ0) is 23.6. The third-order valence-electron chi connectivity index (χ3n) is 5.69. The molecule has 3 aromatic rings. The predicted octanol–water partition coefficient (Wildman–Crippen LogP) is 1.70. The Morgan fingerprint density at radius 2 is 1.70 bits per heavy atom. The molecule has 1 aliphatic rings. The number of hydrogen-bond donors (Lipinski definition) is 2. The van der Waals surface area contributed by atoms with Gasteiger partial charge in [0.2, 0.25) is 10.0 Å². The number of nitrogens with zero attached hydrogens (tertiary/aromatic N) is 2. The van der Waals surface area contributed by atoms with E-state index in [1.807, 2.05) is 31.2 Å². The number of carbonyl (C=O) groups excluding carboxylic acids is 2. The van der Waals surface area contributed by atoms with Crippen molar-refractivity contribution in [2.24, 2.45) is 5.73 Å². The van der Waals surface area contributed by atoms with Crippen molar-refractivity contribution >= 4 is 32.6 Å². The van der Waals surface area contributed by atoms with Gasteiger partial charge in [0.15, 0.2) is 6.17 Å². The molecule has 172 valence electrons. The second-order valence-corrected chi connectivity index (χ2v) is 9.83. The highest BCUT2D eigenvalue weighted by molar-refractivity contribution is 7.89. The second kappa shape index (κ2) is 9.30. The van der Waals surface area contributed by atoms with Crippen LogP contribution in [0.4, 0.5) is 0 Å². The average molecular weight is 467 g/mol. The Bertz CT molecular complexity index is 1290. The van der Waals surface area contributed by atoms with E-state index in [1.165, 1.54) is 11.0 Å². The van der Waals surface area contributed by atoms with Crippen molar-refractivity contribution < 1.29 is 18.0 Å². The maximum absolute atomic E-state index is 13.6. The molecule has 1 unspecified atom stereocenters. The van der Waals surface area contributed by atoms with Gasteiger partial charge < -0.3 is 16.0 Å². The van der Waals surface area contributed by atoms with Gasteiger partial charge in [0.1, 0.15) is 0 Å². The highest BCUT2D eigenvalue weighted by Gasteiger charge is 2.46. The highest BCUT2D eigenvalue weighted by atomic mass is 32.2. The molecule has 1 saturated heterocycles. The average Bonchev–Trinajstić information content (AvgIpc) is 3.28. The summed E-state index contributed by atoms with van der Waals surface area (Å²) in [6, 6.07) is 19.2. The summed E-state index contributed by atoms with van der Waals surface area (Å²) in [7, 11) is -4.06. The molecule has 3 N–H and O–H groups in total. The van der Waals surface area contributed by atoms with Gasteiger partial charge in [-0.05, 0) is 42.0 Å². The normalized spacial score (nSPS) is 16.8. The summed E-state index contributed by atoms with van der Waals surface area (Å²) >= 11 is 0. The van der Waals surface area contributed by atoms with Crippen molar-refractivity contribution in [3.63, 3.8) is 0 Å².